The third-order valence-corrected chi connectivity index (χ3v) is 3.57. The molecular formula is C15H29NO3. The quantitative estimate of drug-likeness (QED) is 0.736. The lowest BCUT2D eigenvalue weighted by atomic mass is 9.93. The first-order chi connectivity index (χ1) is 8.63. The maximum Gasteiger partial charge on any atom is 0.311 e. The molecule has 112 valence electrons. The van der Waals surface area contributed by atoms with Gasteiger partial charge >= 0.3 is 5.97 Å². The molecule has 0 bridgehead atoms. The minimum absolute atomic E-state index is 0.0291. The van der Waals surface area contributed by atoms with Crippen molar-refractivity contribution in [2.24, 2.45) is 5.41 Å². The second-order valence-electron chi connectivity index (χ2n) is 7.08. The Labute approximate surface area is 117 Å². The molecule has 1 aliphatic rings. The van der Waals surface area contributed by atoms with Crippen LogP contribution in [0.2, 0.25) is 0 Å². The van der Waals surface area contributed by atoms with Gasteiger partial charge in [-0.15, -0.1) is 0 Å². The van der Waals surface area contributed by atoms with E-state index in [0.717, 1.165) is 32.7 Å². The van der Waals surface area contributed by atoms with Crippen molar-refractivity contribution >= 4 is 5.97 Å². The van der Waals surface area contributed by atoms with Crippen LogP contribution < -0.4 is 0 Å². The fourth-order valence-corrected chi connectivity index (χ4v) is 2.40. The number of morpholine rings is 1. The molecule has 1 atom stereocenters. The summed E-state index contributed by atoms with van der Waals surface area (Å²) in [5, 5.41) is 0. The number of hydrogen-bond acceptors (Lipinski definition) is 4. The van der Waals surface area contributed by atoms with E-state index >= 15 is 0 Å². The van der Waals surface area contributed by atoms with E-state index in [1.165, 1.54) is 0 Å². The number of nitrogens with zero attached hydrogens (tertiary/aromatic N) is 1. The SMILES string of the molecule is CC(CC(C)(C)N1CCOCC1)OC(=O)C(C)(C)C. The van der Waals surface area contributed by atoms with Gasteiger partial charge in [0.25, 0.3) is 0 Å². The van der Waals surface area contributed by atoms with E-state index in [1.54, 1.807) is 0 Å². The minimum Gasteiger partial charge on any atom is -0.462 e. The summed E-state index contributed by atoms with van der Waals surface area (Å²) in [7, 11) is 0. The molecule has 1 aliphatic heterocycles. The van der Waals surface area contributed by atoms with Crippen LogP contribution in [0.5, 0.6) is 0 Å². The summed E-state index contributed by atoms with van der Waals surface area (Å²) in [6.45, 7) is 15.5. The van der Waals surface area contributed by atoms with E-state index in [1.807, 2.05) is 27.7 Å². The normalized spacial score (nSPS) is 20.1. The summed E-state index contributed by atoms with van der Waals surface area (Å²) < 4.78 is 10.9. The number of ether oxygens (including phenoxy) is 2. The summed E-state index contributed by atoms with van der Waals surface area (Å²) in [5.41, 5.74) is -0.404. The molecular weight excluding hydrogens is 242 g/mol. The van der Waals surface area contributed by atoms with Crippen LogP contribution in [0.4, 0.5) is 0 Å². The van der Waals surface area contributed by atoms with Crippen molar-refractivity contribution < 1.29 is 14.3 Å². The van der Waals surface area contributed by atoms with Gasteiger partial charge in [0.05, 0.1) is 18.6 Å². The standard InChI is InChI=1S/C15H29NO3/c1-12(19-13(17)14(2,3)4)11-15(5,6)16-7-9-18-10-8-16/h12H,7-11H2,1-6H3. The fourth-order valence-electron chi connectivity index (χ4n) is 2.40. The number of esters is 1. The number of carbonyl (C=O) groups excluding carboxylic acids is 1. The van der Waals surface area contributed by atoms with Crippen LogP contribution in [-0.4, -0.2) is 48.8 Å². The molecule has 1 heterocycles. The monoisotopic (exact) mass is 271 g/mol. The van der Waals surface area contributed by atoms with E-state index in [0.29, 0.717) is 0 Å². The zero-order valence-corrected chi connectivity index (χ0v) is 13.3. The highest BCUT2D eigenvalue weighted by atomic mass is 16.5. The first-order valence-corrected chi connectivity index (χ1v) is 7.17. The maximum atomic E-state index is 11.9. The van der Waals surface area contributed by atoms with Gasteiger partial charge in [-0.05, 0) is 41.5 Å². The van der Waals surface area contributed by atoms with Gasteiger partial charge in [0, 0.05) is 25.0 Å². The van der Waals surface area contributed by atoms with E-state index in [-0.39, 0.29) is 17.6 Å². The van der Waals surface area contributed by atoms with Crippen LogP contribution >= 0.6 is 0 Å². The van der Waals surface area contributed by atoms with Crippen LogP contribution in [0.15, 0.2) is 0 Å². The average molecular weight is 271 g/mol. The van der Waals surface area contributed by atoms with Gasteiger partial charge in [0.2, 0.25) is 0 Å². The predicted molar refractivity (Wildman–Crippen MR) is 76.1 cm³/mol. The van der Waals surface area contributed by atoms with Crippen LogP contribution in [0.3, 0.4) is 0 Å². The smallest absolute Gasteiger partial charge is 0.311 e. The van der Waals surface area contributed by atoms with Gasteiger partial charge in [-0.2, -0.15) is 0 Å². The van der Waals surface area contributed by atoms with Gasteiger partial charge in [0.15, 0.2) is 0 Å². The highest BCUT2D eigenvalue weighted by Gasteiger charge is 2.32. The van der Waals surface area contributed by atoms with Crippen molar-refractivity contribution in [2.45, 2.75) is 59.6 Å². The Morgan fingerprint density at radius 2 is 1.74 bits per heavy atom. The van der Waals surface area contributed by atoms with Crippen LogP contribution in [-0.2, 0) is 14.3 Å². The van der Waals surface area contributed by atoms with Gasteiger partial charge in [0.1, 0.15) is 6.10 Å². The van der Waals surface area contributed by atoms with E-state index in [9.17, 15) is 4.79 Å². The van der Waals surface area contributed by atoms with Crippen molar-refractivity contribution in [1.29, 1.82) is 0 Å². The van der Waals surface area contributed by atoms with Crippen molar-refractivity contribution in [3.63, 3.8) is 0 Å². The van der Waals surface area contributed by atoms with Crippen molar-refractivity contribution in [1.82, 2.24) is 4.90 Å². The van der Waals surface area contributed by atoms with Crippen molar-refractivity contribution in [3.05, 3.63) is 0 Å². The molecule has 0 spiro atoms. The Bertz CT molecular complexity index is 301. The molecule has 0 radical (unpaired) electrons. The van der Waals surface area contributed by atoms with Crippen LogP contribution in [0.25, 0.3) is 0 Å². The molecule has 19 heavy (non-hydrogen) atoms. The highest BCUT2D eigenvalue weighted by molar-refractivity contribution is 5.75. The van der Waals surface area contributed by atoms with Gasteiger partial charge in [-0.25, -0.2) is 0 Å². The summed E-state index contributed by atoms with van der Waals surface area (Å²) in [6.07, 6.45) is 0.777. The Kier molecular flexibility index (Phi) is 5.39. The largest absolute Gasteiger partial charge is 0.462 e. The van der Waals surface area contributed by atoms with Crippen LogP contribution in [0.1, 0.15) is 48.0 Å². The molecule has 0 aromatic rings. The van der Waals surface area contributed by atoms with Gasteiger partial charge in [-0.3, -0.25) is 9.69 Å². The molecule has 1 unspecified atom stereocenters. The maximum absolute atomic E-state index is 11.9. The molecule has 4 nitrogen and oxygen atoms in total. The molecule has 0 amide bonds. The molecule has 1 rings (SSSR count). The summed E-state index contributed by atoms with van der Waals surface area (Å²) >= 11 is 0. The lowest BCUT2D eigenvalue weighted by Crippen LogP contribution is -2.51. The Hall–Kier alpha value is -0.610. The van der Waals surface area contributed by atoms with Gasteiger partial charge < -0.3 is 9.47 Å². The molecule has 0 aromatic heterocycles. The predicted octanol–water partition coefficient (Wildman–Crippen LogP) is 2.47. The zero-order chi connectivity index (χ0) is 14.7. The third kappa shape index (κ3) is 5.11. The molecule has 4 heteroatoms. The summed E-state index contributed by atoms with van der Waals surface area (Å²) in [4.78, 5) is 14.3. The number of rotatable bonds is 4. The van der Waals surface area contributed by atoms with E-state index in [4.69, 9.17) is 9.47 Å². The number of hydrogen-bond donors (Lipinski definition) is 0. The second-order valence-corrected chi connectivity index (χ2v) is 7.08. The first-order valence-electron chi connectivity index (χ1n) is 7.17. The topological polar surface area (TPSA) is 38.8 Å². The third-order valence-electron chi connectivity index (χ3n) is 3.57. The highest BCUT2D eigenvalue weighted by Crippen LogP contribution is 2.25. The summed E-state index contributed by atoms with van der Waals surface area (Å²) in [5.74, 6) is -0.127. The van der Waals surface area contributed by atoms with Crippen molar-refractivity contribution in [3.8, 4) is 0 Å². The molecule has 0 aromatic carbocycles. The van der Waals surface area contributed by atoms with E-state index < -0.39 is 5.41 Å². The lowest BCUT2D eigenvalue weighted by molar-refractivity contribution is -0.159. The zero-order valence-electron chi connectivity index (χ0n) is 13.3. The Balaban J connectivity index is 2.50. The fraction of sp³-hybridized carbons (Fsp3) is 0.933. The van der Waals surface area contributed by atoms with Crippen molar-refractivity contribution in [2.75, 3.05) is 26.3 Å². The molecule has 1 saturated heterocycles. The summed E-state index contributed by atoms with van der Waals surface area (Å²) in [6, 6.07) is 0. The first kappa shape index (κ1) is 16.4. The average Bonchev–Trinajstić information content (AvgIpc) is 2.28. The van der Waals surface area contributed by atoms with Crippen LogP contribution in [0, 0.1) is 5.41 Å². The molecule has 1 fully saturated rings. The minimum atomic E-state index is -0.433. The Morgan fingerprint density at radius 1 is 1.21 bits per heavy atom. The Morgan fingerprint density at radius 3 is 2.21 bits per heavy atom. The second kappa shape index (κ2) is 6.23. The lowest BCUT2D eigenvalue weighted by Gasteiger charge is -2.42. The van der Waals surface area contributed by atoms with Gasteiger partial charge in [-0.1, -0.05) is 0 Å². The van der Waals surface area contributed by atoms with E-state index in [2.05, 4.69) is 18.7 Å². The number of carbonyl (C=O) groups is 1. The molecule has 0 aliphatic carbocycles. The molecule has 0 N–H and O–H groups in total. The molecule has 0 saturated carbocycles.